The zero-order chi connectivity index (χ0) is 17.6. The number of amides is 2. The Morgan fingerprint density at radius 3 is 2.38 bits per heavy atom. The van der Waals surface area contributed by atoms with Crippen molar-refractivity contribution in [2.75, 3.05) is 0 Å². The van der Waals surface area contributed by atoms with Crippen molar-refractivity contribution in [3.8, 4) is 0 Å². The van der Waals surface area contributed by atoms with Gasteiger partial charge in [0.1, 0.15) is 5.60 Å². The van der Waals surface area contributed by atoms with E-state index in [4.69, 9.17) is 9.57 Å². The first-order valence-corrected chi connectivity index (χ1v) is 8.24. The van der Waals surface area contributed by atoms with Gasteiger partial charge in [0, 0.05) is 0 Å². The standard InChI is InChI=1S/C18H26N2O4/c1-17(2,3)24-16(22)19-18(10-7-11-18)12-15(21)20-23-13-14-8-5-4-6-9-14/h4-6,8-9H,7,10-13H2,1-3H3,(H,19,22)(H,20,21). The maximum Gasteiger partial charge on any atom is 0.408 e. The molecule has 6 nitrogen and oxygen atoms in total. The number of carbonyl (C=O) groups excluding carboxylic acids is 2. The molecule has 2 amide bonds. The van der Waals surface area contributed by atoms with Gasteiger partial charge in [0.25, 0.3) is 0 Å². The summed E-state index contributed by atoms with van der Waals surface area (Å²) in [5.41, 5.74) is 2.34. The molecule has 1 aromatic rings. The lowest BCUT2D eigenvalue weighted by Crippen LogP contribution is -2.56. The van der Waals surface area contributed by atoms with E-state index in [-0.39, 0.29) is 12.3 Å². The van der Waals surface area contributed by atoms with Crippen LogP contribution >= 0.6 is 0 Å². The minimum Gasteiger partial charge on any atom is -0.444 e. The van der Waals surface area contributed by atoms with E-state index in [1.54, 1.807) is 0 Å². The third-order valence-electron chi connectivity index (χ3n) is 3.84. The summed E-state index contributed by atoms with van der Waals surface area (Å²) in [5, 5.41) is 2.85. The zero-order valence-corrected chi connectivity index (χ0v) is 14.6. The van der Waals surface area contributed by atoms with Gasteiger partial charge in [0.05, 0.1) is 18.6 Å². The van der Waals surface area contributed by atoms with Gasteiger partial charge in [-0.3, -0.25) is 9.63 Å². The summed E-state index contributed by atoms with van der Waals surface area (Å²) in [6.07, 6.45) is 2.20. The van der Waals surface area contributed by atoms with E-state index in [1.165, 1.54) is 0 Å². The van der Waals surface area contributed by atoms with Crippen LogP contribution in [0.15, 0.2) is 30.3 Å². The molecule has 2 rings (SSSR count). The topological polar surface area (TPSA) is 76.7 Å². The summed E-state index contributed by atoms with van der Waals surface area (Å²) in [6.45, 7) is 5.73. The molecule has 0 aromatic heterocycles. The molecule has 0 saturated heterocycles. The molecule has 0 spiro atoms. The Bertz CT molecular complexity index is 562. The fourth-order valence-corrected chi connectivity index (χ4v) is 2.59. The fourth-order valence-electron chi connectivity index (χ4n) is 2.59. The minimum absolute atomic E-state index is 0.182. The number of hydroxylamine groups is 1. The maximum absolute atomic E-state index is 12.1. The van der Waals surface area contributed by atoms with Crippen LogP contribution in [0.25, 0.3) is 0 Å². The van der Waals surface area contributed by atoms with Crippen LogP contribution in [0.2, 0.25) is 0 Å². The molecule has 0 aliphatic heterocycles. The number of ether oxygens (including phenoxy) is 1. The summed E-state index contributed by atoms with van der Waals surface area (Å²) < 4.78 is 5.28. The van der Waals surface area contributed by atoms with Crippen molar-refractivity contribution in [2.45, 2.75) is 64.2 Å². The van der Waals surface area contributed by atoms with Crippen molar-refractivity contribution in [1.29, 1.82) is 0 Å². The molecular weight excluding hydrogens is 308 g/mol. The lowest BCUT2D eigenvalue weighted by atomic mass is 9.74. The molecule has 1 saturated carbocycles. The molecule has 0 atom stereocenters. The quantitative estimate of drug-likeness (QED) is 0.784. The number of carbonyl (C=O) groups is 2. The second kappa shape index (κ2) is 7.66. The molecule has 0 bridgehead atoms. The van der Waals surface area contributed by atoms with Gasteiger partial charge in [-0.1, -0.05) is 30.3 Å². The molecule has 1 fully saturated rings. The SMILES string of the molecule is CC(C)(C)OC(=O)NC1(CC(=O)NOCc2ccccc2)CCC1. The lowest BCUT2D eigenvalue weighted by molar-refractivity contribution is -0.137. The van der Waals surface area contributed by atoms with Crippen molar-refractivity contribution < 1.29 is 19.2 Å². The van der Waals surface area contributed by atoms with Crippen LogP contribution in [-0.2, 0) is 21.0 Å². The lowest BCUT2D eigenvalue weighted by Gasteiger charge is -2.42. The molecule has 1 aliphatic rings. The number of nitrogens with one attached hydrogen (secondary N) is 2. The number of hydrogen-bond acceptors (Lipinski definition) is 4. The largest absolute Gasteiger partial charge is 0.444 e. The first kappa shape index (κ1) is 18.3. The summed E-state index contributed by atoms with van der Waals surface area (Å²) in [6, 6.07) is 9.58. The maximum atomic E-state index is 12.1. The van der Waals surface area contributed by atoms with Crippen LogP contribution in [0.1, 0.15) is 52.0 Å². The molecule has 132 valence electrons. The van der Waals surface area contributed by atoms with Gasteiger partial charge in [0.15, 0.2) is 0 Å². The monoisotopic (exact) mass is 334 g/mol. The smallest absolute Gasteiger partial charge is 0.408 e. The Kier molecular flexibility index (Phi) is 5.83. The summed E-state index contributed by atoms with van der Waals surface area (Å²) in [5.74, 6) is -0.248. The Hall–Kier alpha value is -2.08. The Balaban J connectivity index is 1.77. The average Bonchev–Trinajstić information content (AvgIpc) is 2.44. The van der Waals surface area contributed by atoms with Gasteiger partial charge in [-0.15, -0.1) is 0 Å². The van der Waals surface area contributed by atoms with E-state index in [9.17, 15) is 9.59 Å². The van der Waals surface area contributed by atoms with Gasteiger partial charge < -0.3 is 10.1 Å². The Morgan fingerprint density at radius 1 is 1.17 bits per heavy atom. The van der Waals surface area contributed by atoms with Crippen molar-refractivity contribution in [3.05, 3.63) is 35.9 Å². The average molecular weight is 334 g/mol. The second-order valence-electron chi connectivity index (χ2n) is 7.24. The van der Waals surface area contributed by atoms with E-state index in [1.807, 2.05) is 51.1 Å². The third kappa shape index (κ3) is 5.85. The molecule has 24 heavy (non-hydrogen) atoms. The number of alkyl carbamates (subject to hydrolysis) is 1. The predicted molar refractivity (Wildman–Crippen MR) is 89.9 cm³/mol. The van der Waals surface area contributed by atoms with Gasteiger partial charge in [-0.25, -0.2) is 10.3 Å². The zero-order valence-electron chi connectivity index (χ0n) is 14.6. The molecule has 6 heteroatoms. The van der Waals surface area contributed by atoms with E-state index >= 15 is 0 Å². The highest BCUT2D eigenvalue weighted by Gasteiger charge is 2.41. The first-order valence-electron chi connectivity index (χ1n) is 8.24. The summed E-state index contributed by atoms with van der Waals surface area (Å²) >= 11 is 0. The van der Waals surface area contributed by atoms with Gasteiger partial charge >= 0.3 is 6.09 Å². The molecular formula is C18H26N2O4. The summed E-state index contributed by atoms with van der Waals surface area (Å²) in [4.78, 5) is 29.3. The minimum atomic E-state index is -0.559. The van der Waals surface area contributed by atoms with E-state index in [2.05, 4.69) is 10.8 Å². The van der Waals surface area contributed by atoms with Crippen LogP contribution in [0, 0.1) is 0 Å². The van der Waals surface area contributed by atoms with Crippen molar-refractivity contribution in [2.24, 2.45) is 0 Å². The van der Waals surface area contributed by atoms with Crippen LogP contribution in [0.5, 0.6) is 0 Å². The van der Waals surface area contributed by atoms with Crippen LogP contribution in [0.3, 0.4) is 0 Å². The molecule has 1 aliphatic carbocycles. The third-order valence-corrected chi connectivity index (χ3v) is 3.84. The molecule has 1 aromatic carbocycles. The van der Waals surface area contributed by atoms with Gasteiger partial charge in [0.2, 0.25) is 5.91 Å². The van der Waals surface area contributed by atoms with Crippen LogP contribution in [-0.4, -0.2) is 23.1 Å². The first-order chi connectivity index (χ1) is 11.3. The van der Waals surface area contributed by atoms with E-state index < -0.39 is 17.2 Å². The van der Waals surface area contributed by atoms with E-state index in [0.717, 1.165) is 24.8 Å². The summed E-state index contributed by atoms with van der Waals surface area (Å²) in [7, 11) is 0. The molecule has 2 N–H and O–H groups in total. The highest BCUT2D eigenvalue weighted by atomic mass is 16.6. The molecule has 0 radical (unpaired) electrons. The van der Waals surface area contributed by atoms with Crippen LogP contribution in [0.4, 0.5) is 4.79 Å². The van der Waals surface area contributed by atoms with Crippen LogP contribution < -0.4 is 10.8 Å². The molecule has 0 unspecified atom stereocenters. The highest BCUT2D eigenvalue weighted by Crippen LogP contribution is 2.35. The van der Waals surface area contributed by atoms with Crippen molar-refractivity contribution in [3.63, 3.8) is 0 Å². The fraction of sp³-hybridized carbons (Fsp3) is 0.556. The van der Waals surface area contributed by atoms with Gasteiger partial charge in [-0.2, -0.15) is 0 Å². The normalized spacial score (nSPS) is 16.0. The Morgan fingerprint density at radius 2 is 1.83 bits per heavy atom. The van der Waals surface area contributed by atoms with Crippen molar-refractivity contribution >= 4 is 12.0 Å². The second-order valence-corrected chi connectivity index (χ2v) is 7.24. The predicted octanol–water partition coefficient (Wildman–Crippen LogP) is 3.07. The van der Waals surface area contributed by atoms with Gasteiger partial charge in [-0.05, 0) is 45.6 Å². The Labute approximate surface area is 142 Å². The van der Waals surface area contributed by atoms with E-state index in [0.29, 0.717) is 6.61 Å². The number of rotatable bonds is 6. The number of hydrogen-bond donors (Lipinski definition) is 2. The molecule has 0 heterocycles. The highest BCUT2D eigenvalue weighted by molar-refractivity contribution is 5.78. The number of benzene rings is 1. The van der Waals surface area contributed by atoms with Crippen molar-refractivity contribution in [1.82, 2.24) is 10.8 Å².